The summed E-state index contributed by atoms with van der Waals surface area (Å²) >= 11 is 0. The normalized spacial score (nSPS) is 18.0. The van der Waals surface area contributed by atoms with Crippen LogP contribution in [0.15, 0.2) is 42.7 Å². The minimum Gasteiger partial charge on any atom is -0.335 e. The maximum atomic E-state index is 12.9. The van der Waals surface area contributed by atoms with E-state index in [9.17, 15) is 4.79 Å². The first-order valence-electron chi connectivity index (χ1n) is 7.94. The maximum Gasteiger partial charge on any atom is 0.254 e. The van der Waals surface area contributed by atoms with Crippen LogP contribution in [-0.2, 0) is 7.05 Å². The number of pyridine rings is 1. The van der Waals surface area contributed by atoms with E-state index in [4.69, 9.17) is 0 Å². The molecule has 1 saturated heterocycles. The van der Waals surface area contributed by atoms with Crippen molar-refractivity contribution in [1.82, 2.24) is 30.2 Å². The third-order valence-corrected chi connectivity index (χ3v) is 4.43. The van der Waals surface area contributed by atoms with Crippen LogP contribution in [0.5, 0.6) is 0 Å². The van der Waals surface area contributed by atoms with Gasteiger partial charge in [-0.05, 0) is 35.9 Å². The van der Waals surface area contributed by atoms with Crippen molar-refractivity contribution < 1.29 is 4.79 Å². The first-order valence-corrected chi connectivity index (χ1v) is 7.94. The molecule has 0 aliphatic carbocycles. The van der Waals surface area contributed by atoms with E-state index in [2.05, 4.69) is 20.6 Å². The summed E-state index contributed by atoms with van der Waals surface area (Å²) < 4.78 is 1.70. The summed E-state index contributed by atoms with van der Waals surface area (Å²) in [5, 5.41) is 11.5. The Morgan fingerprint density at radius 3 is 2.92 bits per heavy atom. The molecule has 1 amide bonds. The number of nitrogens with zero attached hydrogens (tertiary/aromatic N) is 5. The van der Waals surface area contributed by atoms with Gasteiger partial charge in [-0.1, -0.05) is 5.21 Å². The molecule has 7 heteroatoms. The first kappa shape index (κ1) is 14.8. The average molecular weight is 322 g/mol. The van der Waals surface area contributed by atoms with Crippen LogP contribution < -0.4 is 5.32 Å². The largest absolute Gasteiger partial charge is 0.335 e. The number of amides is 1. The fourth-order valence-electron chi connectivity index (χ4n) is 3.11. The molecule has 3 heterocycles. The van der Waals surface area contributed by atoms with Crippen LogP contribution >= 0.6 is 0 Å². The summed E-state index contributed by atoms with van der Waals surface area (Å²) in [5.74, 6) is 0.0307. The Morgan fingerprint density at radius 1 is 1.25 bits per heavy atom. The van der Waals surface area contributed by atoms with E-state index < -0.39 is 0 Å². The maximum absolute atomic E-state index is 12.9. The smallest absolute Gasteiger partial charge is 0.254 e. The lowest BCUT2D eigenvalue weighted by atomic mass is 10.0. The van der Waals surface area contributed by atoms with Crippen molar-refractivity contribution in [3.63, 3.8) is 0 Å². The van der Waals surface area contributed by atoms with Crippen LogP contribution in [0.1, 0.15) is 22.0 Å². The van der Waals surface area contributed by atoms with Crippen LogP contribution in [0, 0.1) is 0 Å². The fourth-order valence-corrected chi connectivity index (χ4v) is 3.11. The standard InChI is InChI=1S/C17H18N6O/c1-22-16-3-2-13(10-14(16)20-21-22)17(24)23-9-8-19-15(11-23)12-4-6-18-7-5-12/h2-7,10,15,19H,8-9,11H2,1H3. The van der Waals surface area contributed by atoms with Crippen LogP contribution in [0.2, 0.25) is 0 Å². The average Bonchev–Trinajstić information content (AvgIpc) is 3.02. The van der Waals surface area contributed by atoms with Crippen LogP contribution in [0.4, 0.5) is 0 Å². The summed E-state index contributed by atoms with van der Waals surface area (Å²) in [6.45, 7) is 2.10. The van der Waals surface area contributed by atoms with Crippen molar-refractivity contribution in [3.05, 3.63) is 53.9 Å². The summed E-state index contributed by atoms with van der Waals surface area (Å²) in [4.78, 5) is 18.8. The third-order valence-electron chi connectivity index (χ3n) is 4.43. The molecule has 1 unspecified atom stereocenters. The summed E-state index contributed by atoms with van der Waals surface area (Å²) in [6.07, 6.45) is 3.56. The van der Waals surface area contributed by atoms with E-state index >= 15 is 0 Å². The number of carbonyl (C=O) groups excluding carboxylic acids is 1. The fraction of sp³-hybridized carbons (Fsp3) is 0.294. The third kappa shape index (κ3) is 2.63. The molecular formula is C17H18N6O. The van der Waals surface area contributed by atoms with Gasteiger partial charge in [-0.15, -0.1) is 5.10 Å². The molecule has 4 rings (SSSR count). The number of hydrogen-bond donors (Lipinski definition) is 1. The highest BCUT2D eigenvalue weighted by molar-refractivity contribution is 5.97. The van der Waals surface area contributed by atoms with Crippen molar-refractivity contribution >= 4 is 16.9 Å². The van der Waals surface area contributed by atoms with E-state index in [-0.39, 0.29) is 11.9 Å². The Labute approximate surface area is 139 Å². The first-order chi connectivity index (χ1) is 11.7. The van der Waals surface area contributed by atoms with Crippen LogP contribution in [0.3, 0.4) is 0 Å². The van der Waals surface area contributed by atoms with Gasteiger partial charge >= 0.3 is 0 Å². The van der Waals surface area contributed by atoms with E-state index in [1.807, 2.05) is 42.3 Å². The van der Waals surface area contributed by atoms with Gasteiger partial charge in [-0.25, -0.2) is 4.68 Å². The number of fused-ring (bicyclic) bond motifs is 1. The van der Waals surface area contributed by atoms with Crippen LogP contribution in [0.25, 0.3) is 11.0 Å². The zero-order chi connectivity index (χ0) is 16.5. The lowest BCUT2D eigenvalue weighted by Crippen LogP contribution is -2.48. The Bertz CT molecular complexity index is 875. The number of hydrogen-bond acceptors (Lipinski definition) is 5. The molecule has 1 fully saturated rings. The van der Waals surface area contributed by atoms with E-state index in [1.54, 1.807) is 17.1 Å². The number of aromatic nitrogens is 4. The number of aryl methyl sites for hydroxylation is 1. The molecule has 1 aliphatic heterocycles. The monoisotopic (exact) mass is 322 g/mol. The molecule has 0 bridgehead atoms. The van der Waals surface area contributed by atoms with E-state index in [0.29, 0.717) is 18.7 Å². The molecule has 1 aromatic carbocycles. The molecule has 1 N–H and O–H groups in total. The Morgan fingerprint density at radius 2 is 2.08 bits per heavy atom. The van der Waals surface area contributed by atoms with E-state index in [0.717, 1.165) is 23.1 Å². The number of carbonyl (C=O) groups is 1. The van der Waals surface area contributed by atoms with Gasteiger partial charge in [0.15, 0.2) is 0 Å². The highest BCUT2D eigenvalue weighted by atomic mass is 16.2. The van der Waals surface area contributed by atoms with E-state index in [1.165, 1.54) is 0 Å². The number of rotatable bonds is 2. The molecule has 122 valence electrons. The molecule has 0 radical (unpaired) electrons. The summed E-state index contributed by atoms with van der Waals surface area (Å²) in [5.41, 5.74) is 3.45. The highest BCUT2D eigenvalue weighted by Crippen LogP contribution is 2.19. The minimum absolute atomic E-state index is 0.0307. The van der Waals surface area contributed by atoms with Gasteiger partial charge in [0, 0.05) is 44.6 Å². The summed E-state index contributed by atoms with van der Waals surface area (Å²) in [7, 11) is 1.84. The van der Waals surface area contributed by atoms with Gasteiger partial charge in [-0.3, -0.25) is 9.78 Å². The minimum atomic E-state index is 0.0307. The number of piperazine rings is 1. The van der Waals surface area contributed by atoms with Gasteiger partial charge < -0.3 is 10.2 Å². The topological polar surface area (TPSA) is 75.9 Å². The predicted molar refractivity (Wildman–Crippen MR) is 89.4 cm³/mol. The lowest BCUT2D eigenvalue weighted by Gasteiger charge is -2.34. The molecule has 3 aromatic rings. The zero-order valence-electron chi connectivity index (χ0n) is 13.4. The number of benzene rings is 1. The van der Waals surface area contributed by atoms with Crippen molar-refractivity contribution in [3.8, 4) is 0 Å². The van der Waals surface area contributed by atoms with Gasteiger partial charge in [0.2, 0.25) is 0 Å². The Balaban J connectivity index is 1.56. The molecular weight excluding hydrogens is 304 g/mol. The van der Waals surface area contributed by atoms with Gasteiger partial charge in [-0.2, -0.15) is 0 Å². The molecule has 2 aromatic heterocycles. The quantitative estimate of drug-likeness (QED) is 0.766. The SMILES string of the molecule is Cn1nnc2cc(C(=O)N3CCNC(c4ccncc4)C3)ccc21. The predicted octanol–water partition coefficient (Wildman–Crippen LogP) is 1.15. The van der Waals surface area contributed by atoms with Crippen molar-refractivity contribution in [1.29, 1.82) is 0 Å². The Kier molecular flexibility index (Phi) is 3.70. The molecule has 1 aliphatic rings. The molecule has 24 heavy (non-hydrogen) atoms. The lowest BCUT2D eigenvalue weighted by molar-refractivity contribution is 0.0703. The van der Waals surface area contributed by atoms with Gasteiger partial charge in [0.25, 0.3) is 5.91 Å². The second kappa shape index (κ2) is 6.01. The summed E-state index contributed by atoms with van der Waals surface area (Å²) in [6, 6.07) is 9.65. The molecule has 1 atom stereocenters. The molecule has 0 spiro atoms. The second-order valence-corrected chi connectivity index (χ2v) is 5.95. The zero-order valence-corrected chi connectivity index (χ0v) is 13.4. The number of nitrogens with one attached hydrogen (secondary N) is 1. The molecule has 7 nitrogen and oxygen atoms in total. The van der Waals surface area contributed by atoms with Gasteiger partial charge in [0.1, 0.15) is 5.52 Å². The Hall–Kier alpha value is -2.80. The van der Waals surface area contributed by atoms with Crippen molar-refractivity contribution in [2.24, 2.45) is 7.05 Å². The molecule has 0 saturated carbocycles. The van der Waals surface area contributed by atoms with Crippen molar-refractivity contribution in [2.45, 2.75) is 6.04 Å². The van der Waals surface area contributed by atoms with Crippen LogP contribution in [-0.4, -0.2) is 50.4 Å². The van der Waals surface area contributed by atoms with Crippen molar-refractivity contribution in [2.75, 3.05) is 19.6 Å². The second-order valence-electron chi connectivity index (χ2n) is 5.95. The van der Waals surface area contributed by atoms with Gasteiger partial charge in [0.05, 0.1) is 11.6 Å². The highest BCUT2D eigenvalue weighted by Gasteiger charge is 2.25.